The Hall–Kier alpha value is -3.53. The lowest BCUT2D eigenvalue weighted by molar-refractivity contribution is 1.29. The number of hydrogen-bond donors (Lipinski definition) is 1. The molecule has 0 aliphatic rings. The third-order valence-electron chi connectivity index (χ3n) is 4.32. The van der Waals surface area contributed by atoms with E-state index in [0.717, 1.165) is 44.6 Å². The largest absolute Gasteiger partial charge is 0.351 e. The summed E-state index contributed by atoms with van der Waals surface area (Å²) in [6.45, 7) is 0. The molecule has 0 bridgehead atoms. The number of aromatic amines is 1. The molecule has 1 N–H and O–H groups in total. The molecule has 5 aromatic rings. The smallest absolute Gasteiger partial charge is 0.116 e. The fourth-order valence-corrected chi connectivity index (χ4v) is 3.11. The Morgan fingerprint density at radius 3 is 2.00 bits per heavy atom. The summed E-state index contributed by atoms with van der Waals surface area (Å²) in [5.74, 6) is 0. The summed E-state index contributed by atoms with van der Waals surface area (Å²) in [5, 5.41) is 0. The minimum absolute atomic E-state index is 0.861. The number of nitrogens with one attached hydrogen (secondary N) is 1. The topological polar surface area (TPSA) is 54.5 Å². The molecule has 0 aliphatic carbocycles. The number of hydrogen-bond acceptors (Lipinski definition) is 3. The van der Waals surface area contributed by atoms with Gasteiger partial charge >= 0.3 is 0 Å². The van der Waals surface area contributed by atoms with Gasteiger partial charge < -0.3 is 4.98 Å². The molecule has 0 unspecified atom stereocenters. The Kier molecular flexibility index (Phi) is 3.07. The Labute approximate surface area is 144 Å². The first kappa shape index (κ1) is 13.9. The van der Waals surface area contributed by atoms with Gasteiger partial charge in [-0.05, 0) is 12.1 Å². The van der Waals surface area contributed by atoms with E-state index in [-0.39, 0.29) is 0 Å². The van der Waals surface area contributed by atoms with Gasteiger partial charge in [0.15, 0.2) is 0 Å². The molecule has 0 fully saturated rings. The van der Waals surface area contributed by atoms with E-state index in [1.54, 1.807) is 6.33 Å². The lowest BCUT2D eigenvalue weighted by Gasteiger charge is -2.12. The van der Waals surface area contributed by atoms with Gasteiger partial charge in [0, 0.05) is 11.1 Å². The molecular weight excluding hydrogens is 308 g/mol. The van der Waals surface area contributed by atoms with Crippen LogP contribution in [0.4, 0.5) is 0 Å². The molecule has 0 radical (unpaired) electrons. The van der Waals surface area contributed by atoms with E-state index in [4.69, 9.17) is 4.98 Å². The molecular formula is C21H14N4. The highest BCUT2D eigenvalue weighted by Gasteiger charge is 2.12. The summed E-state index contributed by atoms with van der Waals surface area (Å²) in [7, 11) is 0. The zero-order valence-electron chi connectivity index (χ0n) is 13.3. The zero-order valence-corrected chi connectivity index (χ0v) is 13.3. The molecule has 0 saturated heterocycles. The van der Waals surface area contributed by atoms with Crippen molar-refractivity contribution in [1.29, 1.82) is 0 Å². The molecule has 4 nitrogen and oxygen atoms in total. The molecule has 4 heteroatoms. The summed E-state index contributed by atoms with van der Waals surface area (Å²) in [5.41, 5.74) is 7.67. The van der Waals surface area contributed by atoms with Crippen LogP contribution in [-0.2, 0) is 0 Å². The van der Waals surface area contributed by atoms with Crippen molar-refractivity contribution in [3.8, 4) is 22.5 Å². The maximum Gasteiger partial charge on any atom is 0.116 e. The van der Waals surface area contributed by atoms with E-state index in [0.29, 0.717) is 0 Å². The first-order valence-corrected chi connectivity index (χ1v) is 8.14. The maximum atomic E-state index is 4.95. The highest BCUT2D eigenvalue weighted by Crippen LogP contribution is 2.31. The summed E-state index contributed by atoms with van der Waals surface area (Å²) >= 11 is 0. The van der Waals surface area contributed by atoms with Crippen molar-refractivity contribution >= 4 is 22.1 Å². The van der Waals surface area contributed by atoms with Crippen molar-refractivity contribution < 1.29 is 0 Å². The average molecular weight is 322 g/mol. The number of fused-ring (bicyclic) bond motifs is 2. The molecule has 3 aromatic carbocycles. The minimum Gasteiger partial charge on any atom is -0.351 e. The van der Waals surface area contributed by atoms with E-state index >= 15 is 0 Å². The minimum atomic E-state index is 0.861. The molecule has 2 heterocycles. The molecule has 0 spiro atoms. The zero-order chi connectivity index (χ0) is 16.6. The van der Waals surface area contributed by atoms with Crippen molar-refractivity contribution in [2.45, 2.75) is 0 Å². The van der Waals surface area contributed by atoms with Gasteiger partial charge in [0.05, 0.1) is 33.5 Å². The third-order valence-corrected chi connectivity index (χ3v) is 4.32. The average Bonchev–Trinajstić information content (AvgIpc) is 3.14. The normalized spacial score (nSPS) is 11.2. The fraction of sp³-hybridized carbons (Fsp3) is 0. The van der Waals surface area contributed by atoms with Gasteiger partial charge in [-0.1, -0.05) is 60.7 Å². The van der Waals surface area contributed by atoms with E-state index < -0.39 is 0 Å². The fourth-order valence-electron chi connectivity index (χ4n) is 3.11. The number of benzene rings is 3. The van der Waals surface area contributed by atoms with Crippen molar-refractivity contribution in [2.75, 3.05) is 0 Å². The van der Waals surface area contributed by atoms with Crippen LogP contribution in [0.5, 0.6) is 0 Å². The number of imidazole rings is 1. The van der Waals surface area contributed by atoms with Crippen LogP contribution in [-0.4, -0.2) is 19.9 Å². The molecule has 0 amide bonds. The Morgan fingerprint density at radius 2 is 1.28 bits per heavy atom. The van der Waals surface area contributed by atoms with Crippen LogP contribution < -0.4 is 0 Å². The van der Waals surface area contributed by atoms with Gasteiger partial charge in [-0.15, -0.1) is 0 Å². The van der Waals surface area contributed by atoms with Crippen molar-refractivity contribution in [2.24, 2.45) is 0 Å². The number of rotatable bonds is 2. The van der Waals surface area contributed by atoms with Gasteiger partial charge in [0.1, 0.15) is 6.33 Å². The van der Waals surface area contributed by atoms with Crippen molar-refractivity contribution in [3.05, 3.63) is 79.1 Å². The second-order valence-corrected chi connectivity index (χ2v) is 5.92. The van der Waals surface area contributed by atoms with E-state index in [1.165, 1.54) is 0 Å². The molecule has 2 aromatic heterocycles. The monoisotopic (exact) mass is 322 g/mol. The van der Waals surface area contributed by atoms with Gasteiger partial charge in [-0.25, -0.2) is 15.0 Å². The maximum absolute atomic E-state index is 4.95. The van der Waals surface area contributed by atoms with Gasteiger partial charge in [0.25, 0.3) is 0 Å². The lowest BCUT2D eigenvalue weighted by Crippen LogP contribution is -1.95. The molecule has 118 valence electrons. The van der Waals surface area contributed by atoms with Crippen LogP contribution in [0.3, 0.4) is 0 Å². The van der Waals surface area contributed by atoms with Crippen LogP contribution in [0.25, 0.3) is 44.6 Å². The predicted molar refractivity (Wildman–Crippen MR) is 100 cm³/mol. The Morgan fingerprint density at radius 1 is 0.640 bits per heavy atom. The van der Waals surface area contributed by atoms with Crippen molar-refractivity contribution in [3.63, 3.8) is 0 Å². The van der Waals surface area contributed by atoms with Crippen LogP contribution in [0.2, 0.25) is 0 Å². The van der Waals surface area contributed by atoms with Crippen LogP contribution in [0, 0.1) is 0 Å². The third kappa shape index (κ3) is 2.35. The molecule has 5 rings (SSSR count). The molecule has 0 aliphatic heterocycles. The first-order chi connectivity index (χ1) is 12.4. The second kappa shape index (κ2) is 5.53. The number of H-pyrrole nitrogens is 1. The summed E-state index contributed by atoms with van der Waals surface area (Å²) in [6, 6.07) is 24.5. The first-order valence-electron chi connectivity index (χ1n) is 8.14. The molecule has 0 saturated carbocycles. The summed E-state index contributed by atoms with van der Waals surface area (Å²) < 4.78 is 0. The van der Waals surface area contributed by atoms with E-state index in [9.17, 15) is 0 Å². The Bertz CT molecular complexity index is 1090. The second-order valence-electron chi connectivity index (χ2n) is 5.92. The summed E-state index contributed by atoms with van der Waals surface area (Å²) in [6.07, 6.45) is 1.58. The summed E-state index contributed by atoms with van der Waals surface area (Å²) in [4.78, 5) is 17.1. The molecule has 25 heavy (non-hydrogen) atoms. The van der Waals surface area contributed by atoms with E-state index in [2.05, 4.69) is 39.2 Å². The molecule has 0 atom stereocenters. The predicted octanol–water partition coefficient (Wildman–Crippen LogP) is 4.84. The highest BCUT2D eigenvalue weighted by atomic mass is 14.9. The highest BCUT2D eigenvalue weighted by molar-refractivity contribution is 5.94. The SMILES string of the molecule is c1ccc(-c2nc3cc4ncnc4cc3[nH]c2-c2ccccc2)cc1. The van der Waals surface area contributed by atoms with Gasteiger partial charge in [0.2, 0.25) is 0 Å². The lowest BCUT2D eigenvalue weighted by atomic mass is 10.0. The standard InChI is InChI=1S/C21H14N4/c1-3-7-14(8-4-1)20-21(15-9-5-2-6-10-15)25-19-12-17-16(22-13-23-17)11-18(19)24-20/h1-13,24H. The Balaban J connectivity index is 1.86. The van der Waals surface area contributed by atoms with Crippen molar-refractivity contribution in [1.82, 2.24) is 19.9 Å². The number of aromatic nitrogens is 4. The number of nitrogens with zero attached hydrogens (tertiary/aromatic N) is 3. The van der Waals surface area contributed by atoms with E-state index in [1.807, 2.05) is 48.5 Å². The van der Waals surface area contributed by atoms with Gasteiger partial charge in [-0.3, -0.25) is 0 Å². The van der Waals surface area contributed by atoms with Crippen LogP contribution >= 0.6 is 0 Å². The van der Waals surface area contributed by atoms with Crippen LogP contribution in [0.15, 0.2) is 79.1 Å². The van der Waals surface area contributed by atoms with Gasteiger partial charge in [-0.2, -0.15) is 0 Å². The van der Waals surface area contributed by atoms with Crippen LogP contribution in [0.1, 0.15) is 0 Å². The quantitative estimate of drug-likeness (QED) is 0.506.